The molecule has 180 valence electrons. The number of ether oxygens (including phenoxy) is 1. The van der Waals surface area contributed by atoms with E-state index in [0.717, 1.165) is 28.8 Å². The lowest BCUT2D eigenvalue weighted by Crippen LogP contribution is -2.51. The van der Waals surface area contributed by atoms with Crippen LogP contribution in [0, 0.1) is 21.4 Å². The smallest absolute Gasteiger partial charge is 0.269 e. The number of anilines is 1. The van der Waals surface area contributed by atoms with Crippen molar-refractivity contribution in [2.45, 2.75) is 32.4 Å². The highest BCUT2D eigenvalue weighted by Crippen LogP contribution is 2.49. The highest BCUT2D eigenvalue weighted by molar-refractivity contribution is 5.94. The van der Waals surface area contributed by atoms with E-state index in [1.165, 1.54) is 6.07 Å². The Hall–Kier alpha value is -3.71. The normalized spacial score (nSPS) is 20.9. The number of hydrogen-bond acceptors (Lipinski definition) is 5. The van der Waals surface area contributed by atoms with Gasteiger partial charge in [-0.25, -0.2) is 0 Å². The van der Waals surface area contributed by atoms with Crippen LogP contribution in [0.5, 0.6) is 0 Å². The second-order valence-corrected chi connectivity index (χ2v) is 10.0. The Kier molecular flexibility index (Phi) is 6.03. The number of nitro groups is 1. The van der Waals surface area contributed by atoms with Crippen molar-refractivity contribution in [1.82, 2.24) is 5.32 Å². The van der Waals surface area contributed by atoms with Gasteiger partial charge < -0.3 is 15.4 Å². The SMILES string of the molecule is CC(C)(CNC(=O)c1ccc(-c2ccccc2)cc1)C1Nc2ccc([N+](=O)[O-])cc2C2OCCC21. The number of nitro benzene ring substituents is 1. The van der Waals surface area contributed by atoms with Crippen molar-refractivity contribution in [3.63, 3.8) is 0 Å². The third kappa shape index (κ3) is 4.51. The largest absolute Gasteiger partial charge is 0.381 e. The van der Waals surface area contributed by atoms with Crippen LogP contribution in [0.3, 0.4) is 0 Å². The number of rotatable bonds is 6. The van der Waals surface area contributed by atoms with E-state index in [1.807, 2.05) is 54.6 Å². The average molecular weight is 472 g/mol. The summed E-state index contributed by atoms with van der Waals surface area (Å²) in [6.45, 7) is 5.37. The maximum absolute atomic E-state index is 12.9. The zero-order valence-electron chi connectivity index (χ0n) is 19.9. The fraction of sp³-hybridized carbons (Fsp3) is 0.321. The van der Waals surface area contributed by atoms with E-state index in [4.69, 9.17) is 4.74 Å². The summed E-state index contributed by atoms with van der Waals surface area (Å²) in [6, 6.07) is 22.7. The molecule has 3 atom stereocenters. The second-order valence-electron chi connectivity index (χ2n) is 10.0. The van der Waals surface area contributed by atoms with Crippen LogP contribution in [-0.4, -0.2) is 30.0 Å². The van der Waals surface area contributed by atoms with Crippen LogP contribution in [0.25, 0.3) is 11.1 Å². The molecule has 7 heteroatoms. The van der Waals surface area contributed by atoms with Crippen molar-refractivity contribution >= 4 is 17.3 Å². The number of nitrogens with zero attached hydrogens (tertiary/aromatic N) is 1. The average Bonchev–Trinajstić information content (AvgIpc) is 3.37. The molecule has 0 spiro atoms. The molecule has 0 bridgehead atoms. The number of carbonyl (C=O) groups excluding carboxylic acids is 1. The first kappa shape index (κ1) is 23.1. The summed E-state index contributed by atoms with van der Waals surface area (Å²) in [5.74, 6) is 0.0605. The molecule has 3 unspecified atom stereocenters. The van der Waals surface area contributed by atoms with Gasteiger partial charge in [0.25, 0.3) is 11.6 Å². The Balaban J connectivity index is 1.29. The molecule has 1 fully saturated rings. The summed E-state index contributed by atoms with van der Waals surface area (Å²) in [5.41, 5.74) is 4.30. The van der Waals surface area contributed by atoms with Gasteiger partial charge in [-0.3, -0.25) is 14.9 Å². The van der Waals surface area contributed by atoms with Gasteiger partial charge in [-0.2, -0.15) is 0 Å². The van der Waals surface area contributed by atoms with E-state index in [2.05, 4.69) is 24.5 Å². The predicted molar refractivity (Wildman–Crippen MR) is 135 cm³/mol. The number of carbonyl (C=O) groups is 1. The van der Waals surface area contributed by atoms with E-state index in [0.29, 0.717) is 18.7 Å². The van der Waals surface area contributed by atoms with Crippen molar-refractivity contribution in [1.29, 1.82) is 0 Å². The van der Waals surface area contributed by atoms with Gasteiger partial charge in [-0.1, -0.05) is 56.3 Å². The quantitative estimate of drug-likeness (QED) is 0.361. The molecule has 0 aromatic heterocycles. The Morgan fingerprint density at radius 1 is 1.09 bits per heavy atom. The molecular weight excluding hydrogens is 442 g/mol. The monoisotopic (exact) mass is 471 g/mol. The molecular formula is C28H29N3O4. The van der Waals surface area contributed by atoms with Crippen molar-refractivity contribution in [3.05, 3.63) is 94.0 Å². The fourth-order valence-electron chi connectivity index (χ4n) is 5.31. The molecule has 35 heavy (non-hydrogen) atoms. The third-order valence-corrected chi connectivity index (χ3v) is 7.23. The second kappa shape index (κ2) is 9.15. The number of fused-ring (bicyclic) bond motifs is 3. The Morgan fingerprint density at radius 2 is 1.80 bits per heavy atom. The van der Waals surface area contributed by atoms with Crippen LogP contribution in [0.2, 0.25) is 0 Å². The summed E-state index contributed by atoms with van der Waals surface area (Å²) in [7, 11) is 0. The molecule has 5 rings (SSSR count). The van der Waals surface area contributed by atoms with Gasteiger partial charge >= 0.3 is 0 Å². The van der Waals surface area contributed by atoms with E-state index >= 15 is 0 Å². The van der Waals surface area contributed by atoms with E-state index < -0.39 is 0 Å². The van der Waals surface area contributed by atoms with Crippen molar-refractivity contribution in [2.24, 2.45) is 11.3 Å². The highest BCUT2D eigenvalue weighted by atomic mass is 16.6. The van der Waals surface area contributed by atoms with Gasteiger partial charge in [0.15, 0.2) is 0 Å². The molecule has 3 aromatic rings. The number of benzene rings is 3. The van der Waals surface area contributed by atoms with Crippen molar-refractivity contribution in [3.8, 4) is 11.1 Å². The fourth-order valence-corrected chi connectivity index (χ4v) is 5.31. The molecule has 1 saturated heterocycles. The van der Waals surface area contributed by atoms with E-state index in [9.17, 15) is 14.9 Å². The first-order valence-corrected chi connectivity index (χ1v) is 11.9. The molecule has 2 N–H and O–H groups in total. The van der Waals surface area contributed by atoms with Crippen LogP contribution in [-0.2, 0) is 4.74 Å². The summed E-state index contributed by atoms with van der Waals surface area (Å²) >= 11 is 0. The molecule has 1 amide bonds. The van der Waals surface area contributed by atoms with Crippen LogP contribution in [0.15, 0.2) is 72.8 Å². The van der Waals surface area contributed by atoms with Crippen molar-refractivity contribution in [2.75, 3.05) is 18.5 Å². The summed E-state index contributed by atoms with van der Waals surface area (Å²) in [5, 5.41) is 18.0. The topological polar surface area (TPSA) is 93.5 Å². The molecule has 2 aliphatic heterocycles. The zero-order chi connectivity index (χ0) is 24.6. The van der Waals surface area contributed by atoms with Crippen LogP contribution >= 0.6 is 0 Å². The zero-order valence-corrected chi connectivity index (χ0v) is 19.9. The van der Waals surface area contributed by atoms with Gasteiger partial charge in [-0.05, 0) is 35.7 Å². The minimum absolute atomic E-state index is 0.0460. The third-order valence-electron chi connectivity index (χ3n) is 7.23. The van der Waals surface area contributed by atoms with E-state index in [-0.39, 0.29) is 40.0 Å². The maximum atomic E-state index is 12.9. The minimum atomic E-state index is -0.373. The lowest BCUT2D eigenvalue weighted by molar-refractivity contribution is -0.385. The minimum Gasteiger partial charge on any atom is -0.381 e. The predicted octanol–water partition coefficient (Wildman–Crippen LogP) is 5.59. The number of amides is 1. The van der Waals surface area contributed by atoms with Gasteiger partial charge in [0.05, 0.1) is 11.0 Å². The molecule has 0 saturated carbocycles. The van der Waals surface area contributed by atoms with Crippen LogP contribution < -0.4 is 10.6 Å². The lowest BCUT2D eigenvalue weighted by atomic mass is 9.71. The Labute approximate surface area is 204 Å². The van der Waals surface area contributed by atoms with E-state index in [1.54, 1.807) is 12.1 Å². The summed E-state index contributed by atoms with van der Waals surface area (Å²) < 4.78 is 6.04. The molecule has 2 heterocycles. The highest BCUT2D eigenvalue weighted by Gasteiger charge is 2.47. The maximum Gasteiger partial charge on any atom is 0.269 e. The van der Waals surface area contributed by atoms with Crippen LogP contribution in [0.1, 0.15) is 42.3 Å². The first-order chi connectivity index (χ1) is 16.8. The number of nitrogens with one attached hydrogen (secondary N) is 2. The Bertz CT molecular complexity index is 1240. The molecule has 0 aliphatic carbocycles. The summed E-state index contributed by atoms with van der Waals surface area (Å²) in [4.78, 5) is 23.8. The summed E-state index contributed by atoms with van der Waals surface area (Å²) in [6.07, 6.45) is 0.680. The lowest BCUT2D eigenvalue weighted by Gasteiger charge is -2.44. The van der Waals surface area contributed by atoms with Gasteiger partial charge in [-0.15, -0.1) is 0 Å². The van der Waals surface area contributed by atoms with Gasteiger partial charge in [0.1, 0.15) is 0 Å². The number of hydrogen-bond donors (Lipinski definition) is 2. The van der Waals surface area contributed by atoms with Crippen molar-refractivity contribution < 1.29 is 14.5 Å². The standard InChI is InChI=1S/C28H29N3O4/c1-28(2,17-29-27(32)20-10-8-19(9-11-20)18-6-4-3-5-7-18)26-22-14-15-35-25(22)23-16-21(31(33)34)12-13-24(23)30-26/h3-13,16,22,25-26,30H,14-15,17H2,1-2H3,(H,29,32). The molecule has 7 nitrogen and oxygen atoms in total. The Morgan fingerprint density at radius 3 is 2.51 bits per heavy atom. The van der Waals surface area contributed by atoms with Crippen LogP contribution in [0.4, 0.5) is 11.4 Å². The molecule has 2 aliphatic rings. The molecule has 0 radical (unpaired) electrons. The van der Waals surface area contributed by atoms with Gasteiger partial charge in [0.2, 0.25) is 0 Å². The number of non-ortho nitro benzene ring substituents is 1. The first-order valence-electron chi connectivity index (χ1n) is 11.9. The molecule has 3 aromatic carbocycles. The van der Waals surface area contributed by atoms with Gasteiger partial charge in [0, 0.05) is 59.5 Å².